The van der Waals surface area contributed by atoms with Crippen LogP contribution in [-0.4, -0.2) is 11.4 Å². The fourth-order valence-corrected chi connectivity index (χ4v) is 4.50. The molecule has 25 heavy (non-hydrogen) atoms. The molecular weight excluding hydrogens is 306 g/mol. The van der Waals surface area contributed by atoms with Crippen molar-refractivity contribution in [3.8, 4) is 11.1 Å². The molecule has 1 amide bonds. The minimum absolute atomic E-state index is 0.0825. The molecule has 0 aromatic heterocycles. The maximum atomic E-state index is 13.5. The van der Waals surface area contributed by atoms with Crippen molar-refractivity contribution in [1.29, 1.82) is 0 Å². The van der Waals surface area contributed by atoms with Crippen molar-refractivity contribution in [2.75, 3.05) is 0 Å². The lowest BCUT2D eigenvalue weighted by Gasteiger charge is -2.37. The van der Waals surface area contributed by atoms with Crippen molar-refractivity contribution in [1.82, 2.24) is 5.32 Å². The summed E-state index contributed by atoms with van der Waals surface area (Å²) in [5.74, 6) is 0.0825. The maximum absolute atomic E-state index is 13.5. The molecule has 0 spiro atoms. The van der Waals surface area contributed by atoms with E-state index >= 15 is 0 Å². The molecule has 1 aliphatic carbocycles. The predicted octanol–water partition coefficient (Wildman–Crippen LogP) is 5.30. The Morgan fingerprint density at radius 2 is 1.32 bits per heavy atom. The Morgan fingerprint density at radius 1 is 0.880 bits per heavy atom. The second-order valence-electron chi connectivity index (χ2n) is 9.29. The third-order valence-electron chi connectivity index (χ3n) is 5.10. The number of amides is 1. The number of nitrogens with one attached hydrogen (secondary N) is 1. The zero-order valence-corrected chi connectivity index (χ0v) is 16.2. The van der Waals surface area contributed by atoms with Crippen LogP contribution in [-0.2, 0) is 10.2 Å². The van der Waals surface area contributed by atoms with E-state index < -0.39 is 5.41 Å². The van der Waals surface area contributed by atoms with Gasteiger partial charge >= 0.3 is 0 Å². The summed E-state index contributed by atoms with van der Waals surface area (Å²) in [5, 5.41) is 3.34. The maximum Gasteiger partial charge on any atom is 0.235 e. The smallest absolute Gasteiger partial charge is 0.235 e. The third kappa shape index (κ3) is 3.10. The van der Waals surface area contributed by atoms with Gasteiger partial charge < -0.3 is 5.32 Å². The molecule has 0 aliphatic heterocycles. The van der Waals surface area contributed by atoms with Crippen molar-refractivity contribution in [3.05, 3.63) is 59.7 Å². The Kier molecular flexibility index (Phi) is 4.06. The van der Waals surface area contributed by atoms with E-state index in [0.29, 0.717) is 0 Å². The van der Waals surface area contributed by atoms with Crippen molar-refractivity contribution in [2.45, 2.75) is 58.9 Å². The lowest BCUT2D eigenvalue weighted by atomic mass is 9.77. The second kappa shape index (κ2) is 5.72. The van der Waals surface area contributed by atoms with E-state index in [1.54, 1.807) is 0 Å². The Hall–Kier alpha value is -2.09. The first-order chi connectivity index (χ1) is 11.5. The molecule has 3 rings (SSSR count). The molecule has 0 radical (unpaired) electrons. The fraction of sp³-hybridized carbons (Fsp3) is 0.435. The number of carbonyl (C=O) groups is 1. The molecule has 0 fully saturated rings. The van der Waals surface area contributed by atoms with E-state index in [4.69, 9.17) is 0 Å². The monoisotopic (exact) mass is 335 g/mol. The van der Waals surface area contributed by atoms with Crippen LogP contribution in [0.25, 0.3) is 11.1 Å². The quantitative estimate of drug-likeness (QED) is 0.810. The molecule has 2 nitrogen and oxygen atoms in total. The number of carbonyl (C=O) groups excluding carboxylic acids is 1. The first-order valence-corrected chi connectivity index (χ1v) is 9.07. The summed E-state index contributed by atoms with van der Waals surface area (Å²) in [7, 11) is 0. The van der Waals surface area contributed by atoms with Crippen LogP contribution in [0, 0.1) is 5.41 Å². The third-order valence-corrected chi connectivity index (χ3v) is 5.10. The highest BCUT2D eigenvalue weighted by Crippen LogP contribution is 2.49. The Bertz CT molecular complexity index is 765. The summed E-state index contributed by atoms with van der Waals surface area (Å²) in [6.07, 6.45) is 0.922. The van der Waals surface area contributed by atoms with Gasteiger partial charge in [-0.25, -0.2) is 0 Å². The Labute approximate surface area is 151 Å². The standard InChI is InChI=1S/C23H29NO/c1-21(2,3)15-22(4,5)24-20(25)23(6)18-13-9-7-11-16(18)17-12-8-10-14-19(17)23/h7-14H,15H2,1-6H3,(H,24,25). The van der Waals surface area contributed by atoms with Crippen molar-refractivity contribution < 1.29 is 4.79 Å². The number of hydrogen-bond acceptors (Lipinski definition) is 1. The van der Waals surface area contributed by atoms with Gasteiger partial charge in [-0.15, -0.1) is 0 Å². The van der Waals surface area contributed by atoms with Crippen molar-refractivity contribution >= 4 is 5.91 Å². The van der Waals surface area contributed by atoms with Crippen LogP contribution in [0.3, 0.4) is 0 Å². The molecule has 2 aromatic rings. The van der Waals surface area contributed by atoms with Gasteiger partial charge in [-0.05, 0) is 54.9 Å². The first-order valence-electron chi connectivity index (χ1n) is 9.07. The molecule has 0 bridgehead atoms. The van der Waals surface area contributed by atoms with Gasteiger partial charge in [0.1, 0.15) is 0 Å². The minimum Gasteiger partial charge on any atom is -0.350 e. The molecule has 0 saturated carbocycles. The highest BCUT2D eigenvalue weighted by molar-refractivity contribution is 6.00. The zero-order chi connectivity index (χ0) is 18.5. The van der Waals surface area contributed by atoms with Gasteiger partial charge in [0.25, 0.3) is 0 Å². The second-order valence-corrected chi connectivity index (χ2v) is 9.29. The van der Waals surface area contributed by atoms with Crippen molar-refractivity contribution in [3.63, 3.8) is 0 Å². The van der Waals surface area contributed by atoms with E-state index in [-0.39, 0.29) is 16.9 Å². The number of fused-ring (bicyclic) bond motifs is 3. The van der Waals surface area contributed by atoms with Gasteiger partial charge in [0.15, 0.2) is 0 Å². The molecule has 132 valence electrons. The fourth-order valence-electron chi connectivity index (χ4n) is 4.50. The summed E-state index contributed by atoms with van der Waals surface area (Å²) in [6.45, 7) is 12.9. The summed E-state index contributed by atoms with van der Waals surface area (Å²) >= 11 is 0. The summed E-state index contributed by atoms with van der Waals surface area (Å²) in [6, 6.07) is 16.6. The molecule has 2 heteroatoms. The van der Waals surface area contributed by atoms with Gasteiger partial charge in [-0.3, -0.25) is 4.79 Å². The SMILES string of the molecule is CC(C)(C)CC(C)(C)NC(=O)C1(C)c2ccccc2-c2ccccc21. The topological polar surface area (TPSA) is 29.1 Å². The largest absolute Gasteiger partial charge is 0.350 e. The molecule has 0 saturated heterocycles. The van der Waals surface area contributed by atoms with Crippen LogP contribution >= 0.6 is 0 Å². The lowest BCUT2D eigenvalue weighted by Crippen LogP contribution is -2.52. The Morgan fingerprint density at radius 3 is 1.76 bits per heavy atom. The zero-order valence-electron chi connectivity index (χ0n) is 16.2. The van der Waals surface area contributed by atoms with Gasteiger partial charge in [-0.2, -0.15) is 0 Å². The van der Waals surface area contributed by atoms with Crippen molar-refractivity contribution in [2.24, 2.45) is 5.41 Å². The lowest BCUT2D eigenvalue weighted by molar-refractivity contribution is -0.126. The van der Waals surface area contributed by atoms with Crippen LogP contribution in [0.1, 0.15) is 59.1 Å². The summed E-state index contributed by atoms with van der Waals surface area (Å²) in [5.41, 5.74) is 3.78. The highest BCUT2D eigenvalue weighted by Gasteiger charge is 2.46. The average molecular weight is 335 g/mol. The van der Waals surface area contributed by atoms with Crippen LogP contribution in [0.15, 0.2) is 48.5 Å². The van der Waals surface area contributed by atoms with E-state index in [2.05, 4.69) is 71.1 Å². The van der Waals surface area contributed by atoms with Gasteiger partial charge in [0.2, 0.25) is 5.91 Å². The minimum atomic E-state index is -0.650. The summed E-state index contributed by atoms with van der Waals surface area (Å²) < 4.78 is 0. The van der Waals surface area contributed by atoms with Gasteiger partial charge in [0, 0.05) is 5.54 Å². The molecule has 1 N–H and O–H groups in total. The predicted molar refractivity (Wildman–Crippen MR) is 105 cm³/mol. The molecule has 0 unspecified atom stereocenters. The first kappa shape index (κ1) is 17.7. The van der Waals surface area contributed by atoms with Gasteiger partial charge in [-0.1, -0.05) is 69.3 Å². The van der Waals surface area contributed by atoms with Crippen LogP contribution < -0.4 is 5.32 Å². The van der Waals surface area contributed by atoms with E-state index in [9.17, 15) is 4.79 Å². The average Bonchev–Trinajstić information content (AvgIpc) is 2.76. The van der Waals surface area contributed by atoms with Crippen LogP contribution in [0.4, 0.5) is 0 Å². The molecule has 1 aliphatic rings. The van der Waals surface area contributed by atoms with E-state index in [0.717, 1.165) is 17.5 Å². The number of hydrogen-bond donors (Lipinski definition) is 1. The van der Waals surface area contributed by atoms with Crippen LogP contribution in [0.5, 0.6) is 0 Å². The Balaban J connectivity index is 2.02. The highest BCUT2D eigenvalue weighted by atomic mass is 16.2. The molecule has 2 aromatic carbocycles. The normalized spacial score (nSPS) is 15.4. The number of rotatable bonds is 3. The van der Waals surface area contributed by atoms with E-state index in [1.165, 1.54) is 11.1 Å². The van der Waals surface area contributed by atoms with Crippen LogP contribution in [0.2, 0.25) is 0 Å². The molecule has 0 heterocycles. The molecule has 0 atom stereocenters. The van der Waals surface area contributed by atoms with Gasteiger partial charge in [0.05, 0.1) is 5.41 Å². The van der Waals surface area contributed by atoms with E-state index in [1.807, 2.05) is 24.3 Å². The molecular formula is C23H29NO. The number of benzene rings is 2. The summed E-state index contributed by atoms with van der Waals surface area (Å²) in [4.78, 5) is 13.5.